The molecule has 0 saturated heterocycles. The number of hydrogen-bond donors (Lipinski definition) is 0. The summed E-state index contributed by atoms with van der Waals surface area (Å²) in [5, 5.41) is 1.39. The molecule has 1 nitrogen and oxygen atoms in total. The predicted molar refractivity (Wildman–Crippen MR) is 52.6 cm³/mol. The Labute approximate surface area is 86.2 Å². The number of benzene rings is 1. The summed E-state index contributed by atoms with van der Waals surface area (Å²) in [5.41, 5.74) is 0. The summed E-state index contributed by atoms with van der Waals surface area (Å²) in [6, 6.07) is 3.19. The summed E-state index contributed by atoms with van der Waals surface area (Å²) in [4.78, 5) is 0. The van der Waals surface area contributed by atoms with Crippen molar-refractivity contribution in [2.24, 2.45) is 0 Å². The van der Waals surface area contributed by atoms with Crippen LogP contribution < -0.4 is 4.74 Å². The van der Waals surface area contributed by atoms with Crippen LogP contribution in [0.25, 0.3) is 0 Å². The maximum atomic E-state index is 5.82. The quantitative estimate of drug-likeness (QED) is 0.738. The third-order valence-corrected chi connectivity index (χ3v) is 2.03. The molecule has 1 aromatic carbocycles. The van der Waals surface area contributed by atoms with E-state index < -0.39 is 0 Å². The van der Waals surface area contributed by atoms with Crippen LogP contribution in [0, 0.1) is 0 Å². The summed E-state index contributed by atoms with van der Waals surface area (Å²) < 4.78 is 5.20. The van der Waals surface area contributed by atoms with Crippen LogP contribution in [-0.2, 0) is 0 Å². The van der Waals surface area contributed by atoms with Gasteiger partial charge in [0.15, 0.2) is 5.75 Å². The van der Waals surface area contributed by atoms with Gasteiger partial charge in [0, 0.05) is 5.02 Å². The standard InChI is InChI=1S/C8H7Cl3O/c1-2-12-8-6(10)3-5(9)4-7(8)11/h3-4H,2H2,1H3. The van der Waals surface area contributed by atoms with E-state index in [2.05, 4.69) is 0 Å². The largest absolute Gasteiger partial charge is 0.491 e. The van der Waals surface area contributed by atoms with E-state index in [1.165, 1.54) is 0 Å². The van der Waals surface area contributed by atoms with Crippen molar-refractivity contribution in [2.45, 2.75) is 6.92 Å². The first-order chi connectivity index (χ1) is 5.65. The van der Waals surface area contributed by atoms with Gasteiger partial charge >= 0.3 is 0 Å². The lowest BCUT2D eigenvalue weighted by molar-refractivity contribution is 0.340. The van der Waals surface area contributed by atoms with Crippen molar-refractivity contribution in [3.8, 4) is 5.75 Å². The molecule has 1 aromatic rings. The van der Waals surface area contributed by atoms with Crippen molar-refractivity contribution in [3.05, 3.63) is 27.2 Å². The zero-order valence-electron chi connectivity index (χ0n) is 6.40. The maximum absolute atomic E-state index is 5.82. The lowest BCUT2D eigenvalue weighted by atomic mass is 10.3. The molecule has 0 amide bonds. The molecule has 0 heterocycles. The van der Waals surface area contributed by atoms with Crippen molar-refractivity contribution in [1.29, 1.82) is 0 Å². The van der Waals surface area contributed by atoms with Crippen LogP contribution >= 0.6 is 34.8 Å². The van der Waals surface area contributed by atoms with E-state index in [1.807, 2.05) is 6.92 Å². The van der Waals surface area contributed by atoms with Crippen LogP contribution in [0.15, 0.2) is 12.1 Å². The fraction of sp³-hybridized carbons (Fsp3) is 0.250. The second-order valence-electron chi connectivity index (χ2n) is 2.13. The molecule has 0 atom stereocenters. The van der Waals surface area contributed by atoms with E-state index >= 15 is 0 Å². The highest BCUT2D eigenvalue weighted by Gasteiger charge is 2.07. The third kappa shape index (κ3) is 2.19. The van der Waals surface area contributed by atoms with Crippen molar-refractivity contribution >= 4 is 34.8 Å². The monoisotopic (exact) mass is 224 g/mol. The van der Waals surface area contributed by atoms with Gasteiger partial charge in [-0.3, -0.25) is 0 Å². The van der Waals surface area contributed by atoms with E-state index in [0.29, 0.717) is 27.4 Å². The van der Waals surface area contributed by atoms with Crippen molar-refractivity contribution in [2.75, 3.05) is 6.61 Å². The molecule has 12 heavy (non-hydrogen) atoms. The molecule has 0 aliphatic heterocycles. The highest BCUT2D eigenvalue weighted by atomic mass is 35.5. The smallest absolute Gasteiger partial charge is 0.156 e. The highest BCUT2D eigenvalue weighted by Crippen LogP contribution is 2.35. The Bertz CT molecular complexity index is 263. The van der Waals surface area contributed by atoms with Crippen LogP contribution in [0.2, 0.25) is 15.1 Å². The molecule has 0 N–H and O–H groups in total. The second kappa shape index (κ2) is 4.22. The fourth-order valence-corrected chi connectivity index (χ4v) is 1.74. The van der Waals surface area contributed by atoms with Crippen molar-refractivity contribution < 1.29 is 4.74 Å². The Morgan fingerprint density at radius 3 is 2.08 bits per heavy atom. The Balaban J connectivity index is 3.10. The molecule has 66 valence electrons. The first kappa shape index (κ1) is 9.97. The molecule has 0 spiro atoms. The number of ether oxygens (including phenoxy) is 1. The lowest BCUT2D eigenvalue weighted by Crippen LogP contribution is -1.92. The minimum absolute atomic E-state index is 0.439. The van der Waals surface area contributed by atoms with Crippen LogP contribution in [0.1, 0.15) is 6.92 Å². The molecule has 0 unspecified atom stereocenters. The predicted octanol–water partition coefficient (Wildman–Crippen LogP) is 4.05. The number of halogens is 3. The van der Waals surface area contributed by atoms with E-state index in [-0.39, 0.29) is 0 Å². The van der Waals surface area contributed by atoms with Gasteiger partial charge in [0.1, 0.15) is 0 Å². The van der Waals surface area contributed by atoms with Gasteiger partial charge < -0.3 is 4.74 Å². The molecule has 0 fully saturated rings. The molecule has 4 heteroatoms. The summed E-state index contributed by atoms with van der Waals surface area (Å²) in [5.74, 6) is 0.491. The van der Waals surface area contributed by atoms with Crippen LogP contribution in [0.4, 0.5) is 0 Å². The van der Waals surface area contributed by atoms with Crippen LogP contribution in [0.5, 0.6) is 5.75 Å². The molecule has 0 saturated carbocycles. The topological polar surface area (TPSA) is 9.23 Å². The number of hydrogen-bond acceptors (Lipinski definition) is 1. The normalized spacial score (nSPS) is 10.0. The Morgan fingerprint density at radius 1 is 1.17 bits per heavy atom. The molecule has 0 aliphatic rings. The van der Waals surface area contributed by atoms with Gasteiger partial charge in [0.05, 0.1) is 16.7 Å². The average molecular weight is 226 g/mol. The van der Waals surface area contributed by atoms with Gasteiger partial charge in [-0.15, -0.1) is 0 Å². The second-order valence-corrected chi connectivity index (χ2v) is 3.38. The molecule has 0 bridgehead atoms. The van der Waals surface area contributed by atoms with Crippen LogP contribution in [0.3, 0.4) is 0 Å². The Morgan fingerprint density at radius 2 is 1.67 bits per heavy atom. The molecule has 1 rings (SSSR count). The van der Waals surface area contributed by atoms with Gasteiger partial charge in [-0.25, -0.2) is 0 Å². The number of rotatable bonds is 2. The molecule has 0 aromatic heterocycles. The van der Waals surface area contributed by atoms with Gasteiger partial charge in [-0.1, -0.05) is 34.8 Å². The van der Waals surface area contributed by atoms with Gasteiger partial charge in [0.2, 0.25) is 0 Å². The minimum atomic E-state index is 0.439. The zero-order valence-corrected chi connectivity index (χ0v) is 8.67. The SMILES string of the molecule is CCOc1c(Cl)cc(Cl)cc1Cl. The van der Waals surface area contributed by atoms with Gasteiger partial charge in [-0.05, 0) is 19.1 Å². The van der Waals surface area contributed by atoms with E-state index in [1.54, 1.807) is 12.1 Å². The van der Waals surface area contributed by atoms with Gasteiger partial charge in [0.25, 0.3) is 0 Å². The van der Waals surface area contributed by atoms with E-state index in [0.717, 1.165) is 0 Å². The Kier molecular flexibility index (Phi) is 3.51. The molecular formula is C8H7Cl3O. The molecular weight excluding hydrogens is 218 g/mol. The summed E-state index contributed by atoms with van der Waals surface area (Å²) in [7, 11) is 0. The summed E-state index contributed by atoms with van der Waals surface area (Å²) in [6.07, 6.45) is 0. The first-order valence-electron chi connectivity index (χ1n) is 3.42. The highest BCUT2D eigenvalue weighted by molar-refractivity contribution is 6.40. The van der Waals surface area contributed by atoms with E-state index in [4.69, 9.17) is 39.5 Å². The van der Waals surface area contributed by atoms with Gasteiger partial charge in [-0.2, -0.15) is 0 Å². The maximum Gasteiger partial charge on any atom is 0.156 e. The van der Waals surface area contributed by atoms with Crippen LogP contribution in [-0.4, -0.2) is 6.61 Å². The molecule has 0 aliphatic carbocycles. The minimum Gasteiger partial charge on any atom is -0.491 e. The summed E-state index contributed by atoms with van der Waals surface area (Å²) in [6.45, 7) is 2.39. The zero-order chi connectivity index (χ0) is 9.14. The fourth-order valence-electron chi connectivity index (χ4n) is 0.811. The van der Waals surface area contributed by atoms with Crippen molar-refractivity contribution in [3.63, 3.8) is 0 Å². The van der Waals surface area contributed by atoms with E-state index in [9.17, 15) is 0 Å². The average Bonchev–Trinajstić information content (AvgIpc) is 1.96. The lowest BCUT2D eigenvalue weighted by Gasteiger charge is -2.07. The third-order valence-electron chi connectivity index (χ3n) is 1.25. The first-order valence-corrected chi connectivity index (χ1v) is 4.56. The summed E-state index contributed by atoms with van der Waals surface area (Å²) >= 11 is 17.3. The Hall–Kier alpha value is -0.110. The van der Waals surface area contributed by atoms with Crippen molar-refractivity contribution in [1.82, 2.24) is 0 Å². The molecule has 0 radical (unpaired) electrons.